The Kier molecular flexibility index (Phi) is 5.84. The number of nitrogens with one attached hydrogen (secondary N) is 1. The van der Waals surface area contributed by atoms with E-state index in [0.717, 1.165) is 51.1 Å². The number of hydrogen-bond donors (Lipinski definition) is 1. The van der Waals surface area contributed by atoms with Gasteiger partial charge in [-0.1, -0.05) is 18.2 Å². The predicted molar refractivity (Wildman–Crippen MR) is 123 cm³/mol. The normalized spacial score (nSPS) is 15.9. The molecule has 2 aliphatic heterocycles. The number of hydrogen-bond acceptors (Lipinski definition) is 7. The standard InChI is InChI=1S/C24H27N5O2/c1(2-17-31-22-9-8-21-24(27-22)26-11-18-30-21)12-28-13-15-29(16-14-28)20-7-3-5-19-6-4-10-25-23(19)20/h3-11,18H,1-2,12-17H2,(H,26,27). The number of rotatable bonds is 7. The molecule has 1 N–H and O–H groups in total. The fraction of sp³-hybridized carbons (Fsp3) is 0.333. The van der Waals surface area contributed by atoms with Crippen LogP contribution in [0.1, 0.15) is 12.8 Å². The van der Waals surface area contributed by atoms with E-state index in [1.54, 1.807) is 12.5 Å². The van der Waals surface area contributed by atoms with Crippen LogP contribution in [0.4, 0.5) is 11.5 Å². The highest BCUT2D eigenvalue weighted by atomic mass is 16.5. The van der Waals surface area contributed by atoms with Crippen LogP contribution >= 0.6 is 0 Å². The van der Waals surface area contributed by atoms with Crippen molar-refractivity contribution in [2.75, 3.05) is 49.5 Å². The van der Waals surface area contributed by atoms with Crippen molar-refractivity contribution in [2.24, 2.45) is 0 Å². The van der Waals surface area contributed by atoms with Crippen molar-refractivity contribution in [3.05, 3.63) is 61.1 Å². The number of unbranched alkanes of at least 4 members (excludes halogenated alkanes) is 1. The fourth-order valence-electron chi connectivity index (χ4n) is 4.10. The van der Waals surface area contributed by atoms with E-state index < -0.39 is 0 Å². The molecule has 0 spiro atoms. The van der Waals surface area contributed by atoms with E-state index in [9.17, 15) is 0 Å². The van der Waals surface area contributed by atoms with Crippen molar-refractivity contribution in [1.82, 2.24) is 14.9 Å². The van der Waals surface area contributed by atoms with Crippen LogP contribution in [0.15, 0.2) is 61.1 Å². The number of ether oxygens (including phenoxy) is 2. The first kappa shape index (κ1) is 19.6. The minimum absolute atomic E-state index is 0.627. The molecule has 3 aromatic rings. The van der Waals surface area contributed by atoms with Crippen LogP contribution in [0.25, 0.3) is 10.9 Å². The average molecular weight is 418 g/mol. The number of aromatic nitrogens is 2. The molecular weight excluding hydrogens is 390 g/mol. The van der Waals surface area contributed by atoms with Gasteiger partial charge in [-0.2, -0.15) is 4.98 Å². The predicted octanol–water partition coefficient (Wildman–Crippen LogP) is 3.89. The molecule has 31 heavy (non-hydrogen) atoms. The minimum atomic E-state index is 0.627. The molecule has 0 atom stereocenters. The van der Waals surface area contributed by atoms with E-state index in [1.807, 2.05) is 24.4 Å². The van der Waals surface area contributed by atoms with E-state index >= 15 is 0 Å². The Hall–Kier alpha value is -3.32. The number of piperazine rings is 1. The van der Waals surface area contributed by atoms with Crippen molar-refractivity contribution < 1.29 is 9.47 Å². The summed E-state index contributed by atoms with van der Waals surface area (Å²) in [5, 5.41) is 4.27. The van der Waals surface area contributed by atoms with E-state index in [0.29, 0.717) is 24.1 Å². The summed E-state index contributed by atoms with van der Waals surface area (Å²) in [4.78, 5) is 14.0. The van der Waals surface area contributed by atoms with Gasteiger partial charge in [0.15, 0.2) is 11.6 Å². The van der Waals surface area contributed by atoms with Crippen molar-refractivity contribution in [2.45, 2.75) is 12.8 Å². The molecule has 7 heteroatoms. The van der Waals surface area contributed by atoms with Crippen LogP contribution in [0.2, 0.25) is 0 Å². The number of anilines is 2. The lowest BCUT2D eigenvalue weighted by Crippen LogP contribution is -2.46. The van der Waals surface area contributed by atoms with E-state index in [2.05, 4.69) is 49.4 Å². The van der Waals surface area contributed by atoms with Gasteiger partial charge in [0.05, 0.1) is 17.8 Å². The smallest absolute Gasteiger partial charge is 0.215 e. The van der Waals surface area contributed by atoms with Crippen molar-refractivity contribution >= 4 is 22.4 Å². The third-order valence-corrected chi connectivity index (χ3v) is 5.76. The molecule has 7 nitrogen and oxygen atoms in total. The summed E-state index contributed by atoms with van der Waals surface area (Å²) < 4.78 is 11.2. The maximum atomic E-state index is 5.81. The van der Waals surface area contributed by atoms with Gasteiger partial charge in [-0.05, 0) is 37.6 Å². The maximum absolute atomic E-state index is 5.81. The van der Waals surface area contributed by atoms with Gasteiger partial charge < -0.3 is 19.7 Å². The Labute approximate surface area is 182 Å². The van der Waals surface area contributed by atoms with Gasteiger partial charge in [0.25, 0.3) is 0 Å². The molecular formula is C24H27N5O2. The van der Waals surface area contributed by atoms with E-state index in [-0.39, 0.29) is 0 Å². The van der Waals surface area contributed by atoms with Gasteiger partial charge in [0.1, 0.15) is 6.26 Å². The SMILES string of the molecule is C1=COc2ccc(OCCCCN3CCN(c4cccc5cccnc45)CC3)nc2N1. The Morgan fingerprint density at radius 3 is 2.84 bits per heavy atom. The second-order valence-corrected chi connectivity index (χ2v) is 7.80. The monoisotopic (exact) mass is 417 g/mol. The van der Waals surface area contributed by atoms with Crippen LogP contribution in [0, 0.1) is 0 Å². The molecule has 2 aromatic heterocycles. The molecule has 0 amide bonds. The summed E-state index contributed by atoms with van der Waals surface area (Å²) >= 11 is 0. The van der Waals surface area contributed by atoms with Crippen LogP contribution in [-0.2, 0) is 0 Å². The molecule has 4 heterocycles. The molecule has 160 valence electrons. The summed E-state index contributed by atoms with van der Waals surface area (Å²) in [5.41, 5.74) is 2.35. The summed E-state index contributed by atoms with van der Waals surface area (Å²) in [5.74, 6) is 2.04. The molecule has 0 unspecified atom stereocenters. The van der Waals surface area contributed by atoms with E-state index in [1.165, 1.54) is 11.1 Å². The summed E-state index contributed by atoms with van der Waals surface area (Å²) in [7, 11) is 0. The second kappa shape index (κ2) is 9.22. The summed E-state index contributed by atoms with van der Waals surface area (Å²) in [6, 6.07) is 14.3. The zero-order valence-electron chi connectivity index (χ0n) is 17.5. The van der Waals surface area contributed by atoms with Crippen LogP contribution < -0.4 is 19.7 Å². The number of benzene rings is 1. The van der Waals surface area contributed by atoms with Gasteiger partial charge in [-0.3, -0.25) is 9.88 Å². The van der Waals surface area contributed by atoms with Crippen molar-refractivity contribution in [3.8, 4) is 11.6 Å². The highest BCUT2D eigenvalue weighted by Gasteiger charge is 2.18. The molecule has 0 saturated carbocycles. The van der Waals surface area contributed by atoms with Gasteiger partial charge in [-0.15, -0.1) is 0 Å². The lowest BCUT2D eigenvalue weighted by molar-refractivity contribution is 0.236. The first-order chi connectivity index (χ1) is 15.4. The molecule has 1 fully saturated rings. The van der Waals surface area contributed by atoms with Gasteiger partial charge in [0, 0.05) is 50.0 Å². The third-order valence-electron chi connectivity index (χ3n) is 5.76. The zero-order valence-corrected chi connectivity index (χ0v) is 17.5. The van der Waals surface area contributed by atoms with Crippen LogP contribution in [0.5, 0.6) is 11.6 Å². The Bertz CT molecular complexity index is 1060. The first-order valence-corrected chi connectivity index (χ1v) is 10.9. The fourth-order valence-corrected chi connectivity index (χ4v) is 4.10. The zero-order chi connectivity index (χ0) is 20.9. The summed E-state index contributed by atoms with van der Waals surface area (Å²) in [6.45, 7) is 6.00. The second-order valence-electron chi connectivity index (χ2n) is 7.80. The molecule has 1 aromatic carbocycles. The Morgan fingerprint density at radius 2 is 1.90 bits per heavy atom. The van der Waals surface area contributed by atoms with Crippen LogP contribution in [0.3, 0.4) is 0 Å². The Balaban J connectivity index is 1.04. The number of fused-ring (bicyclic) bond motifs is 2. The molecule has 2 aliphatic rings. The molecule has 0 bridgehead atoms. The van der Waals surface area contributed by atoms with Crippen molar-refractivity contribution in [1.29, 1.82) is 0 Å². The first-order valence-electron chi connectivity index (χ1n) is 10.9. The number of nitrogens with zero attached hydrogens (tertiary/aromatic N) is 4. The number of para-hydroxylation sites is 1. The van der Waals surface area contributed by atoms with Gasteiger partial charge in [0.2, 0.25) is 5.88 Å². The van der Waals surface area contributed by atoms with Gasteiger partial charge in [-0.25, -0.2) is 0 Å². The van der Waals surface area contributed by atoms with Crippen molar-refractivity contribution in [3.63, 3.8) is 0 Å². The topological polar surface area (TPSA) is 62.8 Å². The van der Waals surface area contributed by atoms with E-state index in [4.69, 9.17) is 9.47 Å². The average Bonchev–Trinajstić information content (AvgIpc) is 2.84. The highest BCUT2D eigenvalue weighted by molar-refractivity contribution is 5.90. The molecule has 1 saturated heterocycles. The quantitative estimate of drug-likeness (QED) is 0.585. The third kappa shape index (κ3) is 4.56. The molecule has 0 radical (unpaired) electrons. The molecule has 5 rings (SSSR count). The molecule has 0 aliphatic carbocycles. The number of pyridine rings is 2. The highest BCUT2D eigenvalue weighted by Crippen LogP contribution is 2.28. The van der Waals surface area contributed by atoms with Gasteiger partial charge >= 0.3 is 0 Å². The lowest BCUT2D eigenvalue weighted by Gasteiger charge is -2.36. The largest absolute Gasteiger partial charge is 0.478 e. The maximum Gasteiger partial charge on any atom is 0.215 e. The summed E-state index contributed by atoms with van der Waals surface area (Å²) in [6.07, 6.45) is 7.32. The van der Waals surface area contributed by atoms with Crippen LogP contribution in [-0.4, -0.2) is 54.2 Å². The minimum Gasteiger partial charge on any atom is -0.478 e. The lowest BCUT2D eigenvalue weighted by atomic mass is 10.1. The Morgan fingerprint density at radius 1 is 1.00 bits per heavy atom.